The van der Waals surface area contributed by atoms with E-state index in [4.69, 9.17) is 14.5 Å². The van der Waals surface area contributed by atoms with E-state index in [1.807, 2.05) is 109 Å². The van der Waals surface area contributed by atoms with Gasteiger partial charge in [-0.3, -0.25) is 34.3 Å². The third-order valence-corrected chi connectivity index (χ3v) is 13.4. The lowest BCUT2D eigenvalue weighted by Crippen LogP contribution is -2.20. The summed E-state index contributed by atoms with van der Waals surface area (Å²) in [5, 5.41) is 8.88. The summed E-state index contributed by atoms with van der Waals surface area (Å²) >= 11 is 2.90. The van der Waals surface area contributed by atoms with E-state index >= 15 is 0 Å². The first-order chi connectivity index (χ1) is 33.9. The highest BCUT2D eigenvalue weighted by atomic mass is 32.2. The van der Waals surface area contributed by atoms with Crippen LogP contribution in [0.2, 0.25) is 0 Å². The van der Waals surface area contributed by atoms with Crippen molar-refractivity contribution in [3.8, 4) is 23.0 Å². The minimum atomic E-state index is -0.118. The van der Waals surface area contributed by atoms with Crippen molar-refractivity contribution in [3.05, 3.63) is 209 Å². The first kappa shape index (κ1) is 44.9. The van der Waals surface area contributed by atoms with E-state index in [9.17, 15) is 14.4 Å². The van der Waals surface area contributed by atoms with E-state index in [2.05, 4.69) is 74.1 Å². The van der Waals surface area contributed by atoms with E-state index in [1.165, 1.54) is 34.7 Å². The highest BCUT2D eigenvalue weighted by Crippen LogP contribution is 2.45. The van der Waals surface area contributed by atoms with Gasteiger partial charge < -0.3 is 20.1 Å². The maximum atomic E-state index is 12.6. The molecule has 6 aromatic carbocycles. The van der Waals surface area contributed by atoms with Gasteiger partial charge in [0.15, 0.2) is 10.3 Å². The lowest BCUT2D eigenvalue weighted by molar-refractivity contribution is -0.117. The fourth-order valence-electron chi connectivity index (χ4n) is 7.95. The first-order valence-electron chi connectivity index (χ1n) is 22.5. The summed E-state index contributed by atoms with van der Waals surface area (Å²) in [4.78, 5) is 53.1. The van der Waals surface area contributed by atoms with Gasteiger partial charge in [-0.2, -0.15) is 0 Å². The summed E-state index contributed by atoms with van der Waals surface area (Å²) in [5.41, 5.74) is 5.82. The largest absolute Gasteiger partial charge is 0.457 e. The quantitative estimate of drug-likeness (QED) is 0.101. The van der Waals surface area contributed by atoms with Crippen LogP contribution in [0.1, 0.15) is 51.7 Å². The second-order valence-corrected chi connectivity index (χ2v) is 18.5. The molecule has 2 saturated heterocycles. The Hall–Kier alpha value is -7.87. The van der Waals surface area contributed by atoms with Crippen LogP contribution >= 0.6 is 23.5 Å². The molecule has 0 spiro atoms. The Labute approximate surface area is 407 Å². The number of thioether (sulfide) groups is 2. The number of hydrogen-bond acceptors (Lipinski definition) is 11. The van der Waals surface area contributed by atoms with Crippen molar-refractivity contribution in [2.24, 2.45) is 9.98 Å². The predicted octanol–water partition coefficient (Wildman–Crippen LogP) is 11.7. The number of nitrogens with zero attached hydrogens (tertiary/aromatic N) is 4. The van der Waals surface area contributed by atoms with E-state index in [0.717, 1.165) is 68.9 Å². The van der Waals surface area contributed by atoms with Crippen LogP contribution in [-0.2, 0) is 9.59 Å². The molecule has 11 nitrogen and oxygen atoms in total. The van der Waals surface area contributed by atoms with Crippen molar-refractivity contribution in [1.82, 2.24) is 20.6 Å². The summed E-state index contributed by atoms with van der Waals surface area (Å²) < 4.78 is 11.9. The zero-order chi connectivity index (χ0) is 46.9. The zero-order valence-corrected chi connectivity index (χ0v) is 38.7. The van der Waals surface area contributed by atoms with E-state index < -0.39 is 0 Å². The highest BCUT2D eigenvalue weighted by molar-refractivity contribution is 8.18. The number of para-hydroxylation sites is 2. The van der Waals surface area contributed by atoms with Crippen molar-refractivity contribution in [2.75, 3.05) is 5.75 Å². The third-order valence-electron chi connectivity index (χ3n) is 11.6. The molecular weight excluding hydrogens is 901 g/mol. The molecule has 2 N–H and O–H groups in total. The SMILES string of the molecule is O=C1CSC(=N[C@H]2C[C@@H]2c2ccccc2)N1.O=C1NC(=N[C@H]2C[C@@H]2c2ccccc2)S/C1=C\c1ccc2nccc(Oc3ccccc3)c2c1.O=Cc1ccc2nccc(Oc3ccccc3)c2c1. The van der Waals surface area contributed by atoms with Gasteiger partial charge in [0.25, 0.3) is 5.91 Å². The maximum Gasteiger partial charge on any atom is 0.264 e. The van der Waals surface area contributed by atoms with Crippen LogP contribution in [-0.4, -0.2) is 56.2 Å². The molecule has 8 aromatic rings. The molecule has 2 aromatic heterocycles. The van der Waals surface area contributed by atoms with Gasteiger partial charge in [-0.25, -0.2) is 0 Å². The van der Waals surface area contributed by atoms with E-state index in [1.54, 1.807) is 30.6 Å². The minimum Gasteiger partial charge on any atom is -0.457 e. The van der Waals surface area contributed by atoms with Crippen LogP contribution in [0, 0.1) is 0 Å². The molecule has 4 fully saturated rings. The summed E-state index contributed by atoms with van der Waals surface area (Å²) in [5.74, 6) is 4.39. The molecular formula is C56H44N6O5S2. The van der Waals surface area contributed by atoms with E-state index in [0.29, 0.717) is 45.0 Å². The molecule has 2 aliphatic carbocycles. The number of pyridine rings is 2. The number of hydrogen-bond donors (Lipinski definition) is 2. The molecule has 2 amide bonds. The Balaban J connectivity index is 0.000000133. The number of aldehydes is 1. The fourth-order valence-corrected chi connectivity index (χ4v) is 9.57. The topological polar surface area (TPSA) is 144 Å². The van der Waals surface area contributed by atoms with Crippen molar-refractivity contribution in [1.29, 1.82) is 0 Å². The van der Waals surface area contributed by atoms with Crippen LogP contribution < -0.4 is 20.1 Å². The van der Waals surface area contributed by atoms with Crippen LogP contribution in [0.4, 0.5) is 0 Å². The number of amides is 2. The van der Waals surface area contributed by atoms with Gasteiger partial charge in [0.2, 0.25) is 5.91 Å². The zero-order valence-electron chi connectivity index (χ0n) is 37.1. The highest BCUT2D eigenvalue weighted by Gasteiger charge is 2.40. The molecule has 4 aliphatic rings. The average molecular weight is 945 g/mol. The summed E-state index contributed by atoms with van der Waals surface area (Å²) in [6, 6.07) is 55.5. The smallest absolute Gasteiger partial charge is 0.264 e. The van der Waals surface area contributed by atoms with Gasteiger partial charge in [0, 0.05) is 40.6 Å². The molecule has 0 bridgehead atoms. The molecule has 13 heteroatoms. The number of rotatable bonds is 10. The number of aliphatic imine (C=N–C) groups is 2. The molecule has 2 aliphatic heterocycles. The number of aromatic nitrogens is 2. The van der Waals surface area contributed by atoms with Gasteiger partial charge >= 0.3 is 0 Å². The standard InChI is InChI=1S/C28H21N3O2S.C16H11NO2.C12H12N2OS/c32-27-26(34-28(31-27)30-24-17-21(24)19-7-3-1-4-8-19)16-18-11-12-23-22(15-18)25(13-14-29-23)33-20-9-5-2-6-10-20;18-11-12-6-7-15-14(10-12)16(8-9-17-15)19-13-4-2-1-3-5-13;15-11-7-16-12(14-11)13-10-6-9(10)8-4-2-1-3-5-8/h1-16,21,24H,17H2,(H,30,31,32);1-11H;1-5,9-10H,6-7H2,(H,13,14,15)/b26-16-;;/t21-,24+;;9-,10+/m1.1/s1. The van der Waals surface area contributed by atoms with Crippen molar-refractivity contribution in [2.45, 2.75) is 36.8 Å². The Morgan fingerprint density at radius 3 is 1.57 bits per heavy atom. The number of nitrogens with one attached hydrogen (secondary N) is 2. The van der Waals surface area contributed by atoms with Crippen LogP contribution in [0.15, 0.2) is 197 Å². The minimum absolute atomic E-state index is 0.0701. The first-order valence-corrected chi connectivity index (χ1v) is 24.3. The molecule has 69 heavy (non-hydrogen) atoms. The molecule has 340 valence electrons. The summed E-state index contributed by atoms with van der Waals surface area (Å²) in [7, 11) is 0. The van der Waals surface area contributed by atoms with Gasteiger partial charge in [0.1, 0.15) is 29.3 Å². The van der Waals surface area contributed by atoms with Crippen molar-refractivity contribution < 1.29 is 23.9 Å². The molecule has 4 heterocycles. The average Bonchev–Trinajstić information content (AvgIpc) is 4.27. The molecule has 2 saturated carbocycles. The van der Waals surface area contributed by atoms with Crippen LogP contribution in [0.25, 0.3) is 27.9 Å². The Kier molecular flexibility index (Phi) is 13.7. The normalized spacial score (nSPS) is 20.6. The van der Waals surface area contributed by atoms with Gasteiger partial charge in [-0.15, -0.1) is 0 Å². The second-order valence-electron chi connectivity index (χ2n) is 16.5. The number of fused-ring (bicyclic) bond motifs is 2. The Bertz CT molecular complexity index is 3250. The number of amidine groups is 2. The van der Waals surface area contributed by atoms with Gasteiger partial charge in [-0.1, -0.05) is 115 Å². The van der Waals surface area contributed by atoms with Crippen LogP contribution in [0.3, 0.4) is 0 Å². The fraction of sp³-hybridized carbons (Fsp3) is 0.125. The van der Waals surface area contributed by atoms with Gasteiger partial charge in [0.05, 0.1) is 33.8 Å². The van der Waals surface area contributed by atoms with Crippen LogP contribution in [0.5, 0.6) is 23.0 Å². The van der Waals surface area contributed by atoms with Gasteiger partial charge in [-0.05, 0) is 114 Å². The summed E-state index contributed by atoms with van der Waals surface area (Å²) in [6.07, 6.45) is 8.26. The van der Waals surface area contributed by atoms with Crippen molar-refractivity contribution in [3.63, 3.8) is 0 Å². The molecule has 4 atom stereocenters. The number of carbonyl (C=O) groups is 3. The summed E-state index contributed by atoms with van der Waals surface area (Å²) in [6.45, 7) is 0. The van der Waals surface area contributed by atoms with E-state index in [-0.39, 0.29) is 17.9 Å². The third kappa shape index (κ3) is 11.5. The molecule has 0 radical (unpaired) electrons. The molecule has 12 rings (SSSR count). The maximum absolute atomic E-state index is 12.6. The molecule has 0 unspecified atom stereocenters. The predicted molar refractivity (Wildman–Crippen MR) is 276 cm³/mol. The van der Waals surface area contributed by atoms with Crippen molar-refractivity contribution >= 4 is 79.8 Å². The lowest BCUT2D eigenvalue weighted by Gasteiger charge is -2.09. The lowest BCUT2D eigenvalue weighted by atomic mass is 10.1. The Morgan fingerprint density at radius 2 is 1.06 bits per heavy atom. The monoisotopic (exact) mass is 944 g/mol. The number of ether oxygens (including phenoxy) is 2. The Morgan fingerprint density at radius 1 is 0.565 bits per heavy atom. The number of carbonyl (C=O) groups excluding carboxylic acids is 3. The second kappa shape index (κ2) is 21.0. The number of benzene rings is 6.